The van der Waals surface area contributed by atoms with Crippen molar-refractivity contribution in [1.82, 2.24) is 0 Å². The van der Waals surface area contributed by atoms with Crippen LogP contribution in [0, 0.1) is 5.92 Å². The van der Waals surface area contributed by atoms with E-state index in [0.29, 0.717) is 11.3 Å². The molecule has 7 heteroatoms. The number of carboxylic acid groups (broad SMARTS) is 1. The molecule has 0 amide bonds. The van der Waals surface area contributed by atoms with Crippen molar-refractivity contribution < 1.29 is 27.8 Å². The van der Waals surface area contributed by atoms with Gasteiger partial charge in [0, 0.05) is 24.9 Å². The molecule has 0 fully saturated rings. The number of hydrogen-bond donors (Lipinski definition) is 2. The first-order chi connectivity index (χ1) is 8.86. The predicted octanol–water partition coefficient (Wildman–Crippen LogP) is 2.51. The zero-order chi connectivity index (χ0) is 14.5. The van der Waals surface area contributed by atoms with Crippen LogP contribution in [0.2, 0.25) is 0 Å². The Balaban J connectivity index is 2.77. The van der Waals surface area contributed by atoms with Crippen molar-refractivity contribution in [3.8, 4) is 0 Å². The van der Waals surface area contributed by atoms with Crippen LogP contribution in [0.1, 0.15) is 5.56 Å². The number of ether oxygens (including phenoxy) is 1. The molecule has 1 aromatic carbocycles. The Kier molecular flexibility index (Phi) is 5.17. The van der Waals surface area contributed by atoms with E-state index < -0.39 is 24.6 Å². The molecule has 1 atom stereocenters. The second-order valence-corrected chi connectivity index (χ2v) is 3.90. The molecule has 0 heterocycles. The lowest BCUT2D eigenvalue weighted by atomic mass is 10.1. The lowest BCUT2D eigenvalue weighted by Gasteiger charge is -2.18. The Morgan fingerprint density at radius 1 is 1.42 bits per heavy atom. The van der Waals surface area contributed by atoms with Gasteiger partial charge >= 0.3 is 12.1 Å². The number of rotatable bonds is 6. The third-order valence-electron chi connectivity index (χ3n) is 2.51. The van der Waals surface area contributed by atoms with E-state index in [1.807, 2.05) is 0 Å². The molecule has 1 aromatic rings. The number of halogens is 3. The summed E-state index contributed by atoms with van der Waals surface area (Å²) in [4.78, 5) is 10.6. The molecule has 0 aromatic heterocycles. The molecule has 19 heavy (non-hydrogen) atoms. The maximum Gasteiger partial charge on any atom is 0.403 e. The first kappa shape index (κ1) is 15.3. The van der Waals surface area contributed by atoms with E-state index in [1.165, 1.54) is 7.11 Å². The summed E-state index contributed by atoms with van der Waals surface area (Å²) in [5.41, 5.74) is 1.09. The summed E-state index contributed by atoms with van der Waals surface area (Å²) in [7, 11) is 1.46. The first-order valence-corrected chi connectivity index (χ1v) is 5.46. The first-order valence-electron chi connectivity index (χ1n) is 5.46. The molecular weight excluding hydrogens is 263 g/mol. The van der Waals surface area contributed by atoms with Gasteiger partial charge in [0.15, 0.2) is 5.92 Å². The van der Waals surface area contributed by atoms with Crippen LogP contribution in [0.5, 0.6) is 0 Å². The zero-order valence-corrected chi connectivity index (χ0v) is 10.2. The van der Waals surface area contributed by atoms with E-state index in [4.69, 9.17) is 9.84 Å². The summed E-state index contributed by atoms with van der Waals surface area (Å²) in [5.74, 6) is -4.34. The minimum absolute atomic E-state index is 0.229. The minimum Gasteiger partial charge on any atom is -0.481 e. The number of hydrogen-bond acceptors (Lipinski definition) is 3. The van der Waals surface area contributed by atoms with Gasteiger partial charge in [-0.25, -0.2) is 0 Å². The summed E-state index contributed by atoms with van der Waals surface area (Å²) in [5, 5.41) is 11.1. The molecule has 0 saturated heterocycles. The van der Waals surface area contributed by atoms with E-state index in [-0.39, 0.29) is 6.61 Å². The minimum atomic E-state index is -4.78. The number of methoxy groups -OCH3 is 1. The van der Waals surface area contributed by atoms with Gasteiger partial charge in [0.1, 0.15) is 0 Å². The van der Waals surface area contributed by atoms with Crippen LogP contribution in [0.15, 0.2) is 24.3 Å². The van der Waals surface area contributed by atoms with E-state index in [1.54, 1.807) is 24.3 Å². The fraction of sp³-hybridized carbons (Fsp3) is 0.417. The maximum atomic E-state index is 12.5. The van der Waals surface area contributed by atoms with Gasteiger partial charge in [-0.15, -0.1) is 0 Å². The van der Waals surface area contributed by atoms with Crippen molar-refractivity contribution in [3.63, 3.8) is 0 Å². The largest absolute Gasteiger partial charge is 0.481 e. The molecule has 0 aliphatic rings. The van der Waals surface area contributed by atoms with Crippen LogP contribution in [0.25, 0.3) is 0 Å². The third kappa shape index (κ3) is 4.44. The monoisotopic (exact) mass is 277 g/mol. The number of para-hydroxylation sites is 1. The Hall–Kier alpha value is -1.76. The molecule has 106 valence electrons. The van der Waals surface area contributed by atoms with Gasteiger partial charge in [0.25, 0.3) is 0 Å². The quantitative estimate of drug-likeness (QED) is 0.838. The SMILES string of the molecule is COCc1ccccc1NCC(C(=O)O)C(F)(F)F. The lowest BCUT2D eigenvalue weighted by Crippen LogP contribution is -2.36. The average Bonchev–Trinajstić information content (AvgIpc) is 2.29. The van der Waals surface area contributed by atoms with Crippen LogP contribution in [-0.2, 0) is 16.1 Å². The molecule has 0 aliphatic carbocycles. The van der Waals surface area contributed by atoms with Gasteiger partial charge in [-0.05, 0) is 6.07 Å². The van der Waals surface area contributed by atoms with Crippen molar-refractivity contribution in [3.05, 3.63) is 29.8 Å². The zero-order valence-electron chi connectivity index (χ0n) is 10.2. The molecule has 0 aliphatic heterocycles. The van der Waals surface area contributed by atoms with Crippen LogP contribution in [-0.4, -0.2) is 30.9 Å². The topological polar surface area (TPSA) is 58.6 Å². The highest BCUT2D eigenvalue weighted by atomic mass is 19.4. The number of benzene rings is 1. The van der Waals surface area contributed by atoms with E-state index in [0.717, 1.165) is 0 Å². The molecule has 1 rings (SSSR count). The van der Waals surface area contributed by atoms with Crippen molar-refractivity contribution in [2.75, 3.05) is 19.0 Å². The van der Waals surface area contributed by atoms with Crippen molar-refractivity contribution >= 4 is 11.7 Å². The van der Waals surface area contributed by atoms with Gasteiger partial charge in [-0.1, -0.05) is 18.2 Å². The second kappa shape index (κ2) is 6.42. The van der Waals surface area contributed by atoms with Crippen molar-refractivity contribution in [2.24, 2.45) is 5.92 Å². The summed E-state index contributed by atoms with van der Waals surface area (Å²) in [6.45, 7) is -0.494. The average molecular weight is 277 g/mol. The van der Waals surface area contributed by atoms with E-state index in [2.05, 4.69) is 5.32 Å². The molecular formula is C12H14F3NO3. The van der Waals surface area contributed by atoms with Crippen LogP contribution >= 0.6 is 0 Å². The standard InChI is InChI=1S/C12H14F3NO3/c1-19-7-8-4-2-3-5-10(8)16-6-9(11(17)18)12(13,14)15/h2-5,9,16H,6-7H2,1H3,(H,17,18). The van der Waals surface area contributed by atoms with E-state index in [9.17, 15) is 18.0 Å². The summed E-state index contributed by atoms with van der Waals surface area (Å²) >= 11 is 0. The number of aliphatic carboxylic acids is 1. The molecule has 0 radical (unpaired) electrons. The van der Waals surface area contributed by atoms with Gasteiger partial charge in [0.2, 0.25) is 0 Å². The molecule has 0 saturated carbocycles. The highest BCUT2D eigenvalue weighted by Gasteiger charge is 2.44. The Morgan fingerprint density at radius 3 is 2.58 bits per heavy atom. The summed E-state index contributed by atoms with van der Waals surface area (Å²) in [6, 6.07) is 6.63. The van der Waals surface area contributed by atoms with Crippen LogP contribution in [0.3, 0.4) is 0 Å². The molecule has 4 nitrogen and oxygen atoms in total. The van der Waals surface area contributed by atoms with Gasteiger partial charge in [0.05, 0.1) is 6.61 Å². The van der Waals surface area contributed by atoms with Crippen molar-refractivity contribution in [1.29, 1.82) is 0 Å². The van der Waals surface area contributed by atoms with Crippen LogP contribution < -0.4 is 5.32 Å². The number of anilines is 1. The van der Waals surface area contributed by atoms with Crippen molar-refractivity contribution in [2.45, 2.75) is 12.8 Å². The van der Waals surface area contributed by atoms with E-state index >= 15 is 0 Å². The Bertz CT molecular complexity index is 434. The summed E-state index contributed by atoms with van der Waals surface area (Å²) < 4.78 is 42.3. The number of carbonyl (C=O) groups is 1. The normalized spacial score (nSPS) is 13.1. The lowest BCUT2D eigenvalue weighted by molar-refractivity contribution is -0.190. The Labute approximate surface area is 108 Å². The van der Waals surface area contributed by atoms with Gasteiger partial charge < -0.3 is 15.2 Å². The molecule has 0 spiro atoms. The molecule has 2 N–H and O–H groups in total. The summed E-state index contributed by atoms with van der Waals surface area (Å²) in [6.07, 6.45) is -4.78. The highest BCUT2D eigenvalue weighted by molar-refractivity contribution is 5.72. The maximum absolute atomic E-state index is 12.5. The number of carboxylic acids is 1. The Morgan fingerprint density at radius 2 is 2.05 bits per heavy atom. The third-order valence-corrected chi connectivity index (χ3v) is 2.51. The fourth-order valence-corrected chi connectivity index (χ4v) is 1.53. The van der Waals surface area contributed by atoms with Crippen LogP contribution in [0.4, 0.5) is 18.9 Å². The fourth-order valence-electron chi connectivity index (χ4n) is 1.53. The molecule has 1 unspecified atom stereocenters. The van der Waals surface area contributed by atoms with Gasteiger partial charge in [-0.2, -0.15) is 13.2 Å². The highest BCUT2D eigenvalue weighted by Crippen LogP contribution is 2.27. The predicted molar refractivity (Wildman–Crippen MR) is 62.8 cm³/mol. The van der Waals surface area contributed by atoms with Gasteiger partial charge in [-0.3, -0.25) is 4.79 Å². The second-order valence-electron chi connectivity index (χ2n) is 3.90. The molecule has 0 bridgehead atoms. The smallest absolute Gasteiger partial charge is 0.403 e. The number of nitrogens with one attached hydrogen (secondary N) is 1. The number of alkyl halides is 3.